The minimum atomic E-state index is -4.30. The quantitative estimate of drug-likeness (QED) is 0.897. The van der Waals surface area contributed by atoms with Crippen LogP contribution in [0, 0.1) is 6.92 Å². The van der Waals surface area contributed by atoms with Gasteiger partial charge in [-0.15, -0.1) is 0 Å². The van der Waals surface area contributed by atoms with E-state index in [1.54, 1.807) is 12.1 Å². The van der Waals surface area contributed by atoms with Crippen LogP contribution in [0.15, 0.2) is 22.7 Å². The van der Waals surface area contributed by atoms with Gasteiger partial charge in [0.2, 0.25) is 5.91 Å². The van der Waals surface area contributed by atoms with Crippen LogP contribution in [-0.2, 0) is 4.79 Å². The van der Waals surface area contributed by atoms with E-state index in [0.717, 1.165) is 5.56 Å². The Kier molecular flexibility index (Phi) is 4.56. The van der Waals surface area contributed by atoms with E-state index in [1.807, 2.05) is 13.0 Å². The van der Waals surface area contributed by atoms with Gasteiger partial charge >= 0.3 is 6.18 Å². The van der Waals surface area contributed by atoms with Gasteiger partial charge in [-0.25, -0.2) is 0 Å². The molecule has 1 N–H and O–H groups in total. The standard InChI is InChI=1S/C11H11BrF3NO/c1-7-3-2-4-8(10(7)12)16-9(17)5-6-11(13,14)15/h2-4H,5-6H2,1H3,(H,16,17). The normalized spacial score (nSPS) is 11.4. The van der Waals surface area contributed by atoms with Crippen molar-refractivity contribution in [2.75, 3.05) is 5.32 Å². The highest BCUT2D eigenvalue weighted by Crippen LogP contribution is 2.26. The van der Waals surface area contributed by atoms with E-state index in [9.17, 15) is 18.0 Å². The third-order valence-corrected chi connectivity index (χ3v) is 3.15. The first-order valence-corrected chi connectivity index (χ1v) is 5.70. The molecular weight excluding hydrogens is 299 g/mol. The van der Waals surface area contributed by atoms with Gasteiger partial charge in [0.1, 0.15) is 0 Å². The number of hydrogen-bond acceptors (Lipinski definition) is 1. The molecule has 0 heterocycles. The van der Waals surface area contributed by atoms with E-state index in [-0.39, 0.29) is 0 Å². The Morgan fingerprint density at radius 2 is 2.06 bits per heavy atom. The van der Waals surface area contributed by atoms with Crippen LogP contribution in [0.5, 0.6) is 0 Å². The Morgan fingerprint density at radius 1 is 1.41 bits per heavy atom. The second kappa shape index (κ2) is 5.53. The molecule has 0 fully saturated rings. The zero-order valence-electron chi connectivity index (χ0n) is 9.07. The Balaban J connectivity index is 2.60. The number of hydrogen-bond donors (Lipinski definition) is 1. The van der Waals surface area contributed by atoms with E-state index in [0.29, 0.717) is 10.2 Å². The topological polar surface area (TPSA) is 29.1 Å². The highest BCUT2D eigenvalue weighted by molar-refractivity contribution is 9.10. The fraction of sp³-hybridized carbons (Fsp3) is 0.364. The number of benzene rings is 1. The van der Waals surface area contributed by atoms with Crippen molar-refractivity contribution < 1.29 is 18.0 Å². The number of amides is 1. The van der Waals surface area contributed by atoms with Gasteiger partial charge in [-0.05, 0) is 34.5 Å². The van der Waals surface area contributed by atoms with Crippen LogP contribution in [0.3, 0.4) is 0 Å². The number of rotatable bonds is 3. The Bertz CT molecular complexity index is 418. The molecule has 94 valence electrons. The lowest BCUT2D eigenvalue weighted by atomic mass is 10.2. The number of alkyl halides is 3. The highest BCUT2D eigenvalue weighted by atomic mass is 79.9. The summed E-state index contributed by atoms with van der Waals surface area (Å²) in [5, 5.41) is 2.44. The number of aryl methyl sites for hydroxylation is 1. The van der Waals surface area contributed by atoms with Crippen LogP contribution in [0.1, 0.15) is 18.4 Å². The molecule has 1 aromatic rings. The van der Waals surface area contributed by atoms with E-state index in [4.69, 9.17) is 0 Å². The summed E-state index contributed by atoms with van der Waals surface area (Å²) in [5.74, 6) is -0.645. The van der Waals surface area contributed by atoms with E-state index in [2.05, 4.69) is 21.2 Å². The fourth-order valence-electron chi connectivity index (χ4n) is 1.21. The molecule has 0 radical (unpaired) electrons. The van der Waals surface area contributed by atoms with Crippen molar-refractivity contribution in [2.24, 2.45) is 0 Å². The van der Waals surface area contributed by atoms with Crippen molar-refractivity contribution >= 4 is 27.5 Å². The molecule has 2 nitrogen and oxygen atoms in total. The Hall–Kier alpha value is -1.04. The van der Waals surface area contributed by atoms with Crippen LogP contribution < -0.4 is 5.32 Å². The average molecular weight is 310 g/mol. The first-order chi connectivity index (χ1) is 7.79. The van der Waals surface area contributed by atoms with Gasteiger partial charge in [0.25, 0.3) is 0 Å². The van der Waals surface area contributed by atoms with Gasteiger partial charge in [0, 0.05) is 10.9 Å². The van der Waals surface area contributed by atoms with Crippen molar-refractivity contribution in [1.82, 2.24) is 0 Å². The maximum absolute atomic E-state index is 11.9. The number of carbonyl (C=O) groups excluding carboxylic acids is 1. The van der Waals surface area contributed by atoms with Crippen molar-refractivity contribution in [2.45, 2.75) is 25.9 Å². The summed E-state index contributed by atoms with van der Waals surface area (Å²) in [6.45, 7) is 1.83. The third-order valence-electron chi connectivity index (χ3n) is 2.10. The highest BCUT2D eigenvalue weighted by Gasteiger charge is 2.27. The summed E-state index contributed by atoms with van der Waals surface area (Å²) >= 11 is 3.26. The first-order valence-electron chi connectivity index (χ1n) is 4.91. The Morgan fingerprint density at radius 3 is 2.65 bits per heavy atom. The molecule has 0 saturated carbocycles. The second-order valence-electron chi connectivity index (χ2n) is 3.60. The first kappa shape index (κ1) is 14.0. The summed E-state index contributed by atoms with van der Waals surface area (Å²) in [5.41, 5.74) is 1.38. The number of nitrogens with one attached hydrogen (secondary N) is 1. The molecular formula is C11H11BrF3NO. The summed E-state index contributed by atoms with van der Waals surface area (Å²) in [7, 11) is 0. The zero-order valence-corrected chi connectivity index (χ0v) is 10.7. The molecule has 0 bridgehead atoms. The maximum Gasteiger partial charge on any atom is 0.389 e. The van der Waals surface area contributed by atoms with Crippen LogP contribution in [0.2, 0.25) is 0 Å². The van der Waals surface area contributed by atoms with Crippen LogP contribution in [-0.4, -0.2) is 12.1 Å². The molecule has 0 aliphatic rings. The molecule has 1 amide bonds. The smallest absolute Gasteiger partial charge is 0.325 e. The van der Waals surface area contributed by atoms with Crippen LogP contribution in [0.25, 0.3) is 0 Å². The van der Waals surface area contributed by atoms with E-state index in [1.165, 1.54) is 0 Å². The van der Waals surface area contributed by atoms with E-state index < -0.39 is 24.9 Å². The minimum Gasteiger partial charge on any atom is -0.325 e. The largest absolute Gasteiger partial charge is 0.389 e. The van der Waals surface area contributed by atoms with Crippen LogP contribution in [0.4, 0.5) is 18.9 Å². The van der Waals surface area contributed by atoms with Gasteiger partial charge in [0.05, 0.1) is 12.1 Å². The fourth-order valence-corrected chi connectivity index (χ4v) is 1.58. The molecule has 0 atom stereocenters. The molecule has 1 rings (SSSR count). The van der Waals surface area contributed by atoms with Crippen molar-refractivity contribution in [3.63, 3.8) is 0 Å². The monoisotopic (exact) mass is 309 g/mol. The minimum absolute atomic E-state index is 0.483. The molecule has 0 saturated heterocycles. The van der Waals surface area contributed by atoms with Gasteiger partial charge in [-0.2, -0.15) is 13.2 Å². The van der Waals surface area contributed by atoms with Crippen molar-refractivity contribution in [3.05, 3.63) is 28.2 Å². The molecule has 0 aliphatic carbocycles. The van der Waals surface area contributed by atoms with Crippen LogP contribution >= 0.6 is 15.9 Å². The lowest BCUT2D eigenvalue weighted by molar-refractivity contribution is -0.142. The second-order valence-corrected chi connectivity index (χ2v) is 4.39. The summed E-state index contributed by atoms with van der Waals surface area (Å²) in [4.78, 5) is 11.3. The Labute approximate surface area is 105 Å². The number of carbonyl (C=O) groups is 1. The molecule has 6 heteroatoms. The molecule has 0 spiro atoms. The summed E-state index contributed by atoms with van der Waals surface area (Å²) in [6, 6.07) is 5.18. The zero-order chi connectivity index (χ0) is 13.1. The molecule has 0 unspecified atom stereocenters. The van der Waals surface area contributed by atoms with Crippen molar-refractivity contribution in [1.29, 1.82) is 0 Å². The van der Waals surface area contributed by atoms with Gasteiger partial charge in [-0.3, -0.25) is 4.79 Å². The molecule has 17 heavy (non-hydrogen) atoms. The van der Waals surface area contributed by atoms with Gasteiger partial charge < -0.3 is 5.32 Å². The predicted molar refractivity (Wildman–Crippen MR) is 62.8 cm³/mol. The number of anilines is 1. The van der Waals surface area contributed by atoms with Gasteiger partial charge in [-0.1, -0.05) is 12.1 Å². The lowest BCUT2D eigenvalue weighted by Crippen LogP contribution is -2.16. The molecule has 0 aliphatic heterocycles. The maximum atomic E-state index is 11.9. The average Bonchev–Trinajstić information content (AvgIpc) is 2.21. The SMILES string of the molecule is Cc1cccc(NC(=O)CCC(F)(F)F)c1Br. The van der Waals surface area contributed by atoms with Crippen molar-refractivity contribution in [3.8, 4) is 0 Å². The molecule has 0 aromatic heterocycles. The lowest BCUT2D eigenvalue weighted by Gasteiger charge is -2.10. The summed E-state index contributed by atoms with van der Waals surface area (Å²) < 4.78 is 36.4. The van der Waals surface area contributed by atoms with Gasteiger partial charge in [0.15, 0.2) is 0 Å². The van der Waals surface area contributed by atoms with E-state index >= 15 is 0 Å². The summed E-state index contributed by atoms with van der Waals surface area (Å²) in [6.07, 6.45) is -5.98. The predicted octanol–water partition coefficient (Wildman–Crippen LogP) is 4.04. The molecule has 1 aromatic carbocycles. The third kappa shape index (κ3) is 4.77. The number of halogens is 4.